The van der Waals surface area contributed by atoms with Crippen LogP contribution in [0.1, 0.15) is 39.1 Å². The summed E-state index contributed by atoms with van der Waals surface area (Å²) in [6.07, 6.45) is 1.01. The minimum atomic E-state index is -3.80. The van der Waals surface area contributed by atoms with Gasteiger partial charge in [0.15, 0.2) is 11.5 Å². The molecule has 0 aliphatic carbocycles. The van der Waals surface area contributed by atoms with Crippen LogP contribution in [0.4, 0.5) is 10.1 Å². The van der Waals surface area contributed by atoms with E-state index in [4.69, 9.17) is 16.0 Å². The molecule has 0 saturated carbocycles. The van der Waals surface area contributed by atoms with Crippen LogP contribution in [0.2, 0.25) is 5.02 Å². The van der Waals surface area contributed by atoms with E-state index in [2.05, 4.69) is 15.3 Å². The van der Waals surface area contributed by atoms with Crippen LogP contribution in [0, 0.1) is 12.7 Å². The van der Waals surface area contributed by atoms with Crippen molar-refractivity contribution in [2.24, 2.45) is 0 Å². The number of rotatable bonds is 6. The molecule has 1 N–H and O–H groups in total. The molecule has 0 bridgehead atoms. The average Bonchev–Trinajstić information content (AvgIpc) is 3.18. The number of carbonyl (C=O) groups is 2. The van der Waals surface area contributed by atoms with Gasteiger partial charge < -0.3 is 9.73 Å². The fourth-order valence-corrected chi connectivity index (χ4v) is 4.04. The highest BCUT2D eigenvalue weighted by atomic mass is 35.5. The molecule has 34 heavy (non-hydrogen) atoms. The second-order valence-electron chi connectivity index (χ2n) is 7.30. The number of anilines is 1. The molecule has 4 aromatic rings. The number of furan rings is 1. The predicted molar refractivity (Wildman–Crippen MR) is 124 cm³/mol. The lowest BCUT2D eigenvalue weighted by Gasteiger charge is -2.08. The molecule has 11 heteroatoms. The summed E-state index contributed by atoms with van der Waals surface area (Å²) in [6, 6.07) is 10.6. The van der Waals surface area contributed by atoms with E-state index in [9.17, 15) is 22.4 Å². The van der Waals surface area contributed by atoms with E-state index in [0.717, 1.165) is 12.3 Å². The zero-order valence-corrected chi connectivity index (χ0v) is 19.5. The van der Waals surface area contributed by atoms with Crippen LogP contribution in [-0.2, 0) is 9.84 Å². The van der Waals surface area contributed by atoms with Crippen molar-refractivity contribution >= 4 is 49.8 Å². The Balaban J connectivity index is 1.80. The number of halogens is 2. The number of hydrogen-bond acceptors (Lipinski definition) is 7. The quantitative estimate of drug-likeness (QED) is 0.303. The monoisotopic (exact) mass is 501 g/mol. The Labute approximate surface area is 198 Å². The lowest BCUT2D eigenvalue weighted by Crippen LogP contribution is -2.19. The van der Waals surface area contributed by atoms with Gasteiger partial charge in [-0.25, -0.2) is 22.8 Å². The molecule has 2 heterocycles. The van der Waals surface area contributed by atoms with Crippen molar-refractivity contribution < 1.29 is 26.8 Å². The van der Waals surface area contributed by atoms with E-state index in [1.807, 2.05) is 0 Å². The number of nitrogens with one attached hydrogen (secondary N) is 1. The van der Waals surface area contributed by atoms with Crippen molar-refractivity contribution in [1.82, 2.24) is 9.97 Å². The molecule has 0 aliphatic rings. The standard InChI is InChI=1S/C23H17ClFN3O5S/c1-3-34(31,32)23-26-11-15(24)19(28-23)22(30)27-18-14-6-4-5-7-17(14)33-21(18)20(29)13-9-8-12(2)16(25)10-13/h4-11H,3H2,1-2H3,(H,27,30). The molecular formula is C23H17ClFN3O5S. The minimum absolute atomic E-state index is 0.0150. The molecule has 0 fully saturated rings. The molecule has 1 amide bonds. The average molecular weight is 502 g/mol. The fraction of sp³-hybridized carbons (Fsp3) is 0.130. The Kier molecular flexibility index (Phi) is 6.20. The molecule has 2 aromatic carbocycles. The van der Waals surface area contributed by atoms with Crippen molar-refractivity contribution in [1.29, 1.82) is 0 Å². The topological polar surface area (TPSA) is 119 Å². The maximum atomic E-state index is 14.1. The molecular weight excluding hydrogens is 485 g/mol. The SMILES string of the molecule is CCS(=O)(=O)c1ncc(Cl)c(C(=O)Nc2c(C(=O)c3ccc(C)c(F)c3)oc3ccccc23)n1. The van der Waals surface area contributed by atoms with Crippen molar-refractivity contribution in [3.8, 4) is 0 Å². The number of aromatic nitrogens is 2. The number of benzene rings is 2. The van der Waals surface area contributed by atoms with Gasteiger partial charge in [0.05, 0.1) is 22.7 Å². The normalized spacial score (nSPS) is 11.5. The Morgan fingerprint density at radius 3 is 2.62 bits per heavy atom. The number of hydrogen-bond donors (Lipinski definition) is 1. The first kappa shape index (κ1) is 23.5. The van der Waals surface area contributed by atoms with Crippen molar-refractivity contribution in [2.45, 2.75) is 19.0 Å². The van der Waals surface area contributed by atoms with Gasteiger partial charge in [-0.2, -0.15) is 0 Å². The van der Waals surface area contributed by atoms with Gasteiger partial charge in [0.25, 0.3) is 5.91 Å². The van der Waals surface area contributed by atoms with Gasteiger partial charge in [0.2, 0.25) is 20.8 Å². The summed E-state index contributed by atoms with van der Waals surface area (Å²) in [7, 11) is -3.80. The third-order valence-electron chi connectivity index (χ3n) is 5.07. The van der Waals surface area contributed by atoms with Gasteiger partial charge in [-0.3, -0.25) is 9.59 Å². The highest BCUT2D eigenvalue weighted by Crippen LogP contribution is 2.33. The van der Waals surface area contributed by atoms with Crippen LogP contribution in [0.15, 0.2) is 58.2 Å². The van der Waals surface area contributed by atoms with Gasteiger partial charge in [0.1, 0.15) is 11.4 Å². The largest absolute Gasteiger partial charge is 0.450 e. The van der Waals surface area contributed by atoms with Gasteiger partial charge >= 0.3 is 0 Å². The summed E-state index contributed by atoms with van der Waals surface area (Å²) in [4.78, 5) is 33.7. The summed E-state index contributed by atoms with van der Waals surface area (Å²) < 4.78 is 44.0. The molecule has 174 valence electrons. The number of amides is 1. The Morgan fingerprint density at radius 2 is 1.91 bits per heavy atom. The number of nitrogens with zero attached hydrogens (tertiary/aromatic N) is 2. The van der Waals surface area contributed by atoms with Crippen LogP contribution < -0.4 is 5.32 Å². The van der Waals surface area contributed by atoms with E-state index in [1.165, 1.54) is 19.1 Å². The summed E-state index contributed by atoms with van der Waals surface area (Å²) in [5.74, 6) is -2.60. The lowest BCUT2D eigenvalue weighted by molar-refractivity contribution is 0.101. The van der Waals surface area contributed by atoms with Crippen LogP contribution in [0.3, 0.4) is 0 Å². The summed E-state index contributed by atoms with van der Waals surface area (Å²) >= 11 is 6.06. The van der Waals surface area contributed by atoms with Crippen LogP contribution in [0.25, 0.3) is 11.0 Å². The van der Waals surface area contributed by atoms with E-state index < -0.39 is 38.2 Å². The maximum absolute atomic E-state index is 14.1. The predicted octanol–water partition coefficient (Wildman–Crippen LogP) is 4.60. The molecule has 0 spiro atoms. The third-order valence-corrected chi connectivity index (χ3v) is 6.86. The third kappa shape index (κ3) is 4.29. The Morgan fingerprint density at radius 1 is 1.18 bits per heavy atom. The number of fused-ring (bicyclic) bond motifs is 1. The van der Waals surface area contributed by atoms with Crippen molar-refractivity contribution in [3.05, 3.63) is 82.1 Å². The van der Waals surface area contributed by atoms with Gasteiger partial charge in [-0.15, -0.1) is 0 Å². The summed E-state index contributed by atoms with van der Waals surface area (Å²) in [5, 5.41) is 2.21. The molecule has 8 nitrogen and oxygen atoms in total. The highest BCUT2D eigenvalue weighted by molar-refractivity contribution is 7.91. The number of carbonyl (C=O) groups excluding carboxylic acids is 2. The highest BCUT2D eigenvalue weighted by Gasteiger charge is 2.26. The molecule has 0 atom stereocenters. The molecule has 0 unspecified atom stereocenters. The van der Waals surface area contributed by atoms with Crippen LogP contribution in [0.5, 0.6) is 0 Å². The molecule has 2 aromatic heterocycles. The number of sulfone groups is 1. The first-order chi connectivity index (χ1) is 16.1. The lowest BCUT2D eigenvalue weighted by atomic mass is 10.0. The van der Waals surface area contributed by atoms with Gasteiger partial charge in [-0.05, 0) is 30.7 Å². The summed E-state index contributed by atoms with van der Waals surface area (Å²) in [5.41, 5.74) is 0.312. The molecule has 0 radical (unpaired) electrons. The Hall–Kier alpha value is -3.63. The number of aryl methyl sites for hydroxylation is 1. The van der Waals surface area contributed by atoms with E-state index in [-0.39, 0.29) is 27.8 Å². The first-order valence-corrected chi connectivity index (χ1v) is 12.0. The molecule has 4 rings (SSSR count). The van der Waals surface area contributed by atoms with Gasteiger partial charge in [0, 0.05) is 10.9 Å². The fourth-order valence-electron chi connectivity index (χ4n) is 3.16. The molecule has 0 aliphatic heterocycles. The van der Waals surface area contributed by atoms with Gasteiger partial charge in [-0.1, -0.05) is 42.8 Å². The zero-order chi connectivity index (χ0) is 24.6. The smallest absolute Gasteiger partial charge is 0.276 e. The second kappa shape index (κ2) is 8.96. The second-order valence-corrected chi connectivity index (χ2v) is 9.88. The van der Waals surface area contributed by atoms with E-state index in [1.54, 1.807) is 31.2 Å². The van der Waals surface area contributed by atoms with Crippen LogP contribution >= 0.6 is 11.6 Å². The Bertz CT molecular complexity index is 1570. The van der Waals surface area contributed by atoms with E-state index >= 15 is 0 Å². The van der Waals surface area contributed by atoms with Crippen molar-refractivity contribution in [3.63, 3.8) is 0 Å². The van der Waals surface area contributed by atoms with Crippen molar-refractivity contribution in [2.75, 3.05) is 11.1 Å². The number of ketones is 1. The van der Waals surface area contributed by atoms with Crippen LogP contribution in [-0.4, -0.2) is 35.8 Å². The molecule has 0 saturated heterocycles. The first-order valence-electron chi connectivity index (χ1n) is 10.0. The zero-order valence-electron chi connectivity index (χ0n) is 17.9. The van der Waals surface area contributed by atoms with E-state index in [0.29, 0.717) is 16.5 Å². The summed E-state index contributed by atoms with van der Waals surface area (Å²) in [6.45, 7) is 2.98. The number of para-hydroxylation sites is 1. The minimum Gasteiger partial charge on any atom is -0.450 e. The maximum Gasteiger partial charge on any atom is 0.276 e.